The maximum atomic E-state index is 12.7. The number of pyridine rings is 1. The van der Waals surface area contributed by atoms with Crippen molar-refractivity contribution >= 4 is 16.8 Å². The van der Waals surface area contributed by atoms with Crippen molar-refractivity contribution < 1.29 is 9.53 Å². The minimum Gasteiger partial charge on any atom is -0.374 e. The molecule has 1 aliphatic rings. The third-order valence-electron chi connectivity index (χ3n) is 3.70. The third kappa shape index (κ3) is 3.04. The molecule has 1 aliphatic heterocycles. The van der Waals surface area contributed by atoms with Gasteiger partial charge >= 0.3 is 0 Å². The lowest BCUT2D eigenvalue weighted by atomic mass is 10.1. The second-order valence-corrected chi connectivity index (χ2v) is 5.26. The van der Waals surface area contributed by atoms with Crippen molar-refractivity contribution in [2.45, 2.75) is 6.10 Å². The molecule has 0 saturated carbocycles. The van der Waals surface area contributed by atoms with Gasteiger partial charge in [-0.3, -0.25) is 9.78 Å². The summed E-state index contributed by atoms with van der Waals surface area (Å²) in [5.74, 6) is 0.00257. The Balaban J connectivity index is 1.79. The lowest BCUT2D eigenvalue weighted by Crippen LogP contribution is -2.45. The number of likely N-dealkylation sites (N-methyl/N-ethyl adjacent to an activating group) is 1. The van der Waals surface area contributed by atoms with E-state index in [9.17, 15) is 4.79 Å². The number of ether oxygens (including phenoxy) is 1. The Morgan fingerprint density at radius 3 is 3.14 bits per heavy atom. The Morgan fingerprint density at radius 1 is 1.43 bits per heavy atom. The van der Waals surface area contributed by atoms with Crippen LogP contribution < -0.4 is 5.32 Å². The fourth-order valence-corrected chi connectivity index (χ4v) is 2.62. The van der Waals surface area contributed by atoms with Gasteiger partial charge in [0.1, 0.15) is 0 Å². The molecular formula is C16H19N3O2. The average Bonchev–Trinajstić information content (AvgIpc) is 2.54. The molecule has 0 bridgehead atoms. The number of amides is 1. The first-order valence-electron chi connectivity index (χ1n) is 7.17. The Labute approximate surface area is 123 Å². The SMILES string of the molecule is CN(CC1CNCCO1)C(=O)c1cccc2ncccc12. The second kappa shape index (κ2) is 6.20. The molecule has 1 saturated heterocycles. The van der Waals surface area contributed by atoms with E-state index in [-0.39, 0.29) is 12.0 Å². The van der Waals surface area contributed by atoms with Crippen molar-refractivity contribution in [2.75, 3.05) is 33.3 Å². The van der Waals surface area contributed by atoms with Crippen LogP contribution in [0.25, 0.3) is 10.9 Å². The molecule has 110 valence electrons. The summed E-state index contributed by atoms with van der Waals surface area (Å²) in [6.07, 6.45) is 1.79. The lowest BCUT2D eigenvalue weighted by Gasteiger charge is -2.28. The smallest absolute Gasteiger partial charge is 0.254 e. The van der Waals surface area contributed by atoms with Gasteiger partial charge < -0.3 is 15.0 Å². The Hall–Kier alpha value is -1.98. The summed E-state index contributed by atoms with van der Waals surface area (Å²) in [4.78, 5) is 18.7. The topological polar surface area (TPSA) is 54.5 Å². The van der Waals surface area contributed by atoms with E-state index in [0.717, 1.165) is 24.0 Å². The van der Waals surface area contributed by atoms with Crippen molar-refractivity contribution in [1.82, 2.24) is 15.2 Å². The zero-order chi connectivity index (χ0) is 14.7. The van der Waals surface area contributed by atoms with Gasteiger partial charge in [0.05, 0.1) is 18.2 Å². The van der Waals surface area contributed by atoms with Gasteiger partial charge in [-0.1, -0.05) is 12.1 Å². The highest BCUT2D eigenvalue weighted by atomic mass is 16.5. The Morgan fingerprint density at radius 2 is 2.33 bits per heavy atom. The van der Waals surface area contributed by atoms with Crippen molar-refractivity contribution in [2.24, 2.45) is 0 Å². The van der Waals surface area contributed by atoms with Crippen molar-refractivity contribution in [3.05, 3.63) is 42.1 Å². The van der Waals surface area contributed by atoms with Crippen LogP contribution in [0.1, 0.15) is 10.4 Å². The number of carbonyl (C=O) groups is 1. The minimum absolute atomic E-state index is 0.00257. The van der Waals surface area contributed by atoms with Crippen LogP contribution in [0.3, 0.4) is 0 Å². The molecule has 2 aromatic rings. The number of morpholine rings is 1. The highest BCUT2D eigenvalue weighted by Crippen LogP contribution is 2.18. The lowest BCUT2D eigenvalue weighted by molar-refractivity contribution is 0.0104. The fourth-order valence-electron chi connectivity index (χ4n) is 2.62. The molecule has 1 fully saturated rings. The summed E-state index contributed by atoms with van der Waals surface area (Å²) in [6, 6.07) is 9.42. The first-order valence-corrected chi connectivity index (χ1v) is 7.17. The van der Waals surface area contributed by atoms with Crippen LogP contribution in [-0.4, -0.2) is 55.2 Å². The minimum atomic E-state index is 0.00257. The molecule has 1 unspecified atom stereocenters. The number of rotatable bonds is 3. The van der Waals surface area contributed by atoms with Gasteiger partial charge in [-0.15, -0.1) is 0 Å². The molecular weight excluding hydrogens is 266 g/mol. The van der Waals surface area contributed by atoms with E-state index in [4.69, 9.17) is 4.74 Å². The standard InChI is InChI=1S/C16H19N3O2/c1-19(11-12-10-17-8-9-21-12)16(20)14-4-2-6-15-13(14)5-3-7-18-15/h2-7,12,17H,8-11H2,1H3. The van der Waals surface area contributed by atoms with E-state index in [1.165, 1.54) is 0 Å². The van der Waals surface area contributed by atoms with Crippen molar-refractivity contribution in [3.8, 4) is 0 Å². The molecule has 1 atom stereocenters. The summed E-state index contributed by atoms with van der Waals surface area (Å²) in [5, 5.41) is 4.16. The van der Waals surface area contributed by atoms with E-state index < -0.39 is 0 Å². The largest absolute Gasteiger partial charge is 0.374 e. The normalized spacial score (nSPS) is 18.6. The molecule has 1 aromatic heterocycles. The number of aromatic nitrogens is 1. The van der Waals surface area contributed by atoms with E-state index in [0.29, 0.717) is 18.7 Å². The van der Waals surface area contributed by atoms with E-state index >= 15 is 0 Å². The predicted molar refractivity (Wildman–Crippen MR) is 81.3 cm³/mol. The van der Waals surface area contributed by atoms with E-state index in [1.54, 1.807) is 11.1 Å². The van der Waals surface area contributed by atoms with E-state index in [2.05, 4.69) is 10.3 Å². The Bertz CT molecular complexity index is 633. The van der Waals surface area contributed by atoms with Crippen LogP contribution in [0, 0.1) is 0 Å². The van der Waals surface area contributed by atoms with Gasteiger partial charge in [-0.25, -0.2) is 0 Å². The molecule has 0 aliphatic carbocycles. The first kappa shape index (κ1) is 14.0. The van der Waals surface area contributed by atoms with Crippen LogP contribution in [0.5, 0.6) is 0 Å². The van der Waals surface area contributed by atoms with Crippen LogP contribution in [0.15, 0.2) is 36.5 Å². The number of nitrogens with zero attached hydrogens (tertiary/aromatic N) is 2. The fraction of sp³-hybridized carbons (Fsp3) is 0.375. The van der Waals surface area contributed by atoms with Crippen molar-refractivity contribution in [3.63, 3.8) is 0 Å². The molecule has 5 nitrogen and oxygen atoms in total. The molecule has 3 rings (SSSR count). The average molecular weight is 285 g/mol. The number of hydrogen-bond acceptors (Lipinski definition) is 4. The number of hydrogen-bond donors (Lipinski definition) is 1. The summed E-state index contributed by atoms with van der Waals surface area (Å²) in [5.41, 5.74) is 1.53. The molecule has 0 radical (unpaired) electrons. The molecule has 1 N–H and O–H groups in total. The molecule has 2 heterocycles. The molecule has 0 spiro atoms. The third-order valence-corrected chi connectivity index (χ3v) is 3.70. The summed E-state index contributed by atoms with van der Waals surface area (Å²) in [7, 11) is 1.81. The van der Waals surface area contributed by atoms with Crippen LogP contribution in [-0.2, 0) is 4.74 Å². The molecule has 1 amide bonds. The monoisotopic (exact) mass is 285 g/mol. The molecule has 1 aromatic carbocycles. The number of carbonyl (C=O) groups excluding carboxylic acids is 1. The van der Waals surface area contributed by atoms with E-state index in [1.807, 2.05) is 37.4 Å². The van der Waals surface area contributed by atoms with Crippen LogP contribution >= 0.6 is 0 Å². The Kier molecular flexibility index (Phi) is 4.13. The second-order valence-electron chi connectivity index (χ2n) is 5.26. The molecule has 21 heavy (non-hydrogen) atoms. The summed E-state index contributed by atoms with van der Waals surface area (Å²) >= 11 is 0. The number of nitrogens with one attached hydrogen (secondary N) is 1. The quantitative estimate of drug-likeness (QED) is 0.923. The van der Waals surface area contributed by atoms with Crippen LogP contribution in [0.4, 0.5) is 0 Å². The van der Waals surface area contributed by atoms with Gasteiger partial charge in [0.15, 0.2) is 0 Å². The van der Waals surface area contributed by atoms with Gasteiger partial charge in [-0.05, 0) is 18.2 Å². The van der Waals surface area contributed by atoms with Crippen LogP contribution in [0.2, 0.25) is 0 Å². The first-order chi connectivity index (χ1) is 10.3. The highest BCUT2D eigenvalue weighted by Gasteiger charge is 2.20. The molecule has 5 heteroatoms. The maximum Gasteiger partial charge on any atom is 0.254 e. The van der Waals surface area contributed by atoms with Gasteiger partial charge in [-0.2, -0.15) is 0 Å². The van der Waals surface area contributed by atoms with Crippen molar-refractivity contribution in [1.29, 1.82) is 0 Å². The predicted octanol–water partition coefficient (Wildman–Crippen LogP) is 1.30. The zero-order valence-corrected chi connectivity index (χ0v) is 12.1. The number of fused-ring (bicyclic) bond motifs is 1. The maximum absolute atomic E-state index is 12.7. The zero-order valence-electron chi connectivity index (χ0n) is 12.1. The van der Waals surface area contributed by atoms with Gasteiger partial charge in [0.25, 0.3) is 5.91 Å². The number of benzene rings is 1. The van der Waals surface area contributed by atoms with Gasteiger partial charge in [0, 0.05) is 43.8 Å². The van der Waals surface area contributed by atoms with Gasteiger partial charge in [0.2, 0.25) is 0 Å². The summed E-state index contributed by atoms with van der Waals surface area (Å²) < 4.78 is 5.65. The highest BCUT2D eigenvalue weighted by molar-refractivity contribution is 6.06. The summed E-state index contributed by atoms with van der Waals surface area (Å²) in [6.45, 7) is 2.95.